The molecule has 4 nitrogen and oxygen atoms in total. The topological polar surface area (TPSA) is 39.3 Å². The molecule has 1 aliphatic rings. The number of nitrogens with one attached hydrogen (secondary N) is 1. The predicted molar refractivity (Wildman–Crippen MR) is 129 cm³/mol. The summed E-state index contributed by atoms with van der Waals surface area (Å²) in [6, 6.07) is 19.2. The molecular formula is C27H32F3N3O. The van der Waals surface area contributed by atoms with Crippen LogP contribution in [0.5, 0.6) is 0 Å². The van der Waals surface area contributed by atoms with Crippen LogP contribution >= 0.6 is 0 Å². The number of aromatic nitrogens is 1. The van der Waals surface area contributed by atoms with Gasteiger partial charge in [-0.1, -0.05) is 48.5 Å². The number of alkyl halides is 3. The Morgan fingerprint density at radius 3 is 2.50 bits per heavy atom. The number of carbonyl (C=O) groups excluding carboxylic acids is 1. The van der Waals surface area contributed by atoms with Gasteiger partial charge in [-0.3, -0.25) is 9.69 Å². The quantitative estimate of drug-likeness (QED) is 0.466. The second-order valence-electron chi connectivity index (χ2n) is 10.0. The van der Waals surface area contributed by atoms with Crippen molar-refractivity contribution in [2.45, 2.75) is 44.8 Å². The molecule has 0 saturated carbocycles. The lowest BCUT2D eigenvalue weighted by Crippen LogP contribution is -2.53. The van der Waals surface area contributed by atoms with Crippen LogP contribution in [0.15, 0.2) is 60.7 Å². The molecule has 3 aromatic rings. The Bertz CT molecular complexity index is 1070. The molecule has 34 heavy (non-hydrogen) atoms. The number of amides is 1. The highest BCUT2D eigenvalue weighted by atomic mass is 19.4. The number of likely N-dealkylation sites (tertiary alicyclic amines) is 1. The zero-order chi connectivity index (χ0) is 24.3. The number of H-pyrrole nitrogens is 1. The molecule has 1 fully saturated rings. The molecule has 0 radical (unpaired) electrons. The summed E-state index contributed by atoms with van der Waals surface area (Å²) in [5.74, 6) is -0.617. The third kappa shape index (κ3) is 6.00. The van der Waals surface area contributed by atoms with Crippen LogP contribution in [-0.2, 0) is 6.42 Å². The van der Waals surface area contributed by atoms with E-state index < -0.39 is 18.6 Å². The first-order chi connectivity index (χ1) is 16.1. The largest absolute Gasteiger partial charge is 0.406 e. The van der Waals surface area contributed by atoms with Gasteiger partial charge in [-0.15, -0.1) is 0 Å². The molecule has 4 rings (SSSR count). The van der Waals surface area contributed by atoms with Gasteiger partial charge in [0.15, 0.2) is 0 Å². The number of nitrogens with zero attached hydrogens (tertiary/aromatic N) is 2. The molecule has 1 unspecified atom stereocenters. The van der Waals surface area contributed by atoms with Crippen molar-refractivity contribution in [3.05, 3.63) is 71.9 Å². The molecule has 0 aliphatic carbocycles. The minimum atomic E-state index is -4.46. The summed E-state index contributed by atoms with van der Waals surface area (Å²) in [5, 5.41) is 0.810. The molecule has 2 heterocycles. The summed E-state index contributed by atoms with van der Waals surface area (Å²) in [7, 11) is 0. The van der Waals surface area contributed by atoms with E-state index in [0.29, 0.717) is 6.54 Å². The first kappa shape index (κ1) is 24.3. The van der Waals surface area contributed by atoms with Gasteiger partial charge in [0.1, 0.15) is 12.2 Å². The minimum absolute atomic E-state index is 0.0144. The van der Waals surface area contributed by atoms with Crippen molar-refractivity contribution < 1.29 is 18.0 Å². The number of benzene rings is 2. The number of para-hydroxylation sites is 1. The first-order valence-corrected chi connectivity index (χ1v) is 11.8. The van der Waals surface area contributed by atoms with Crippen LogP contribution in [0.25, 0.3) is 10.9 Å². The van der Waals surface area contributed by atoms with Crippen molar-refractivity contribution in [3.63, 3.8) is 0 Å². The van der Waals surface area contributed by atoms with Crippen molar-refractivity contribution in [1.29, 1.82) is 0 Å². The third-order valence-corrected chi connectivity index (χ3v) is 6.75. The van der Waals surface area contributed by atoms with E-state index in [2.05, 4.69) is 35.9 Å². The highest BCUT2D eigenvalue weighted by molar-refractivity contribution is 5.98. The van der Waals surface area contributed by atoms with E-state index in [1.165, 1.54) is 5.56 Å². The molecule has 7 heteroatoms. The first-order valence-electron chi connectivity index (χ1n) is 11.8. The summed E-state index contributed by atoms with van der Waals surface area (Å²) in [6.07, 6.45) is -1.88. The maximum absolute atomic E-state index is 13.4. The molecule has 1 amide bonds. The van der Waals surface area contributed by atoms with Gasteiger partial charge in [0.2, 0.25) is 0 Å². The minimum Gasteiger partial charge on any atom is -0.351 e. The van der Waals surface area contributed by atoms with Crippen molar-refractivity contribution in [2.24, 2.45) is 5.92 Å². The third-order valence-electron chi connectivity index (χ3n) is 6.75. The fourth-order valence-corrected chi connectivity index (χ4v) is 5.08. The fraction of sp³-hybridized carbons (Fsp3) is 0.444. The van der Waals surface area contributed by atoms with E-state index in [4.69, 9.17) is 0 Å². The Hall–Kier alpha value is -2.80. The molecule has 0 bridgehead atoms. The lowest BCUT2D eigenvalue weighted by molar-refractivity contribution is -0.142. The number of hydrogen-bond donors (Lipinski definition) is 1. The van der Waals surface area contributed by atoms with Crippen molar-refractivity contribution >= 4 is 16.8 Å². The van der Waals surface area contributed by atoms with Crippen LogP contribution in [0.2, 0.25) is 0 Å². The van der Waals surface area contributed by atoms with Gasteiger partial charge >= 0.3 is 6.18 Å². The zero-order valence-electron chi connectivity index (χ0n) is 19.7. The number of aromatic amines is 1. The van der Waals surface area contributed by atoms with Gasteiger partial charge in [0.25, 0.3) is 5.91 Å². The maximum Gasteiger partial charge on any atom is 0.406 e. The number of halogens is 3. The monoisotopic (exact) mass is 471 g/mol. The number of fused-ring (bicyclic) bond motifs is 1. The van der Waals surface area contributed by atoms with E-state index in [-0.39, 0.29) is 23.7 Å². The molecule has 0 spiro atoms. The van der Waals surface area contributed by atoms with E-state index in [9.17, 15) is 18.0 Å². The van der Waals surface area contributed by atoms with Crippen molar-refractivity contribution in [2.75, 3.05) is 26.2 Å². The Morgan fingerprint density at radius 1 is 1.09 bits per heavy atom. The molecule has 2 aromatic carbocycles. The van der Waals surface area contributed by atoms with E-state index in [0.717, 1.165) is 41.6 Å². The van der Waals surface area contributed by atoms with E-state index in [1.54, 1.807) is 6.07 Å². The Kier molecular flexibility index (Phi) is 7.03. The molecule has 1 aromatic heterocycles. The number of rotatable bonds is 7. The number of carbonyl (C=O) groups is 1. The summed E-state index contributed by atoms with van der Waals surface area (Å²) in [6.45, 7) is 4.80. The Balaban J connectivity index is 1.48. The summed E-state index contributed by atoms with van der Waals surface area (Å²) in [4.78, 5) is 19.5. The van der Waals surface area contributed by atoms with Crippen LogP contribution in [-0.4, -0.2) is 58.6 Å². The molecule has 1 N–H and O–H groups in total. The predicted octanol–water partition coefficient (Wildman–Crippen LogP) is 5.91. The van der Waals surface area contributed by atoms with Crippen LogP contribution < -0.4 is 0 Å². The van der Waals surface area contributed by atoms with Crippen molar-refractivity contribution in [1.82, 2.24) is 14.8 Å². The highest BCUT2D eigenvalue weighted by Gasteiger charge is 2.37. The number of hydrogen-bond acceptors (Lipinski definition) is 2. The molecule has 1 aliphatic heterocycles. The molecule has 182 valence electrons. The van der Waals surface area contributed by atoms with Gasteiger partial charge in [0.05, 0.1) is 0 Å². The average molecular weight is 472 g/mol. The molecule has 1 atom stereocenters. The zero-order valence-corrected chi connectivity index (χ0v) is 19.7. The van der Waals surface area contributed by atoms with Crippen LogP contribution in [0.4, 0.5) is 13.2 Å². The number of piperidine rings is 1. The van der Waals surface area contributed by atoms with Crippen molar-refractivity contribution in [3.8, 4) is 0 Å². The average Bonchev–Trinajstić information content (AvgIpc) is 3.22. The second kappa shape index (κ2) is 9.82. The van der Waals surface area contributed by atoms with Gasteiger partial charge < -0.3 is 9.88 Å². The maximum atomic E-state index is 13.4. The smallest absolute Gasteiger partial charge is 0.351 e. The van der Waals surface area contributed by atoms with Gasteiger partial charge in [-0.05, 0) is 63.3 Å². The van der Waals surface area contributed by atoms with E-state index in [1.807, 2.05) is 42.5 Å². The summed E-state index contributed by atoms with van der Waals surface area (Å²) >= 11 is 0. The van der Waals surface area contributed by atoms with E-state index >= 15 is 0 Å². The van der Waals surface area contributed by atoms with Gasteiger partial charge in [-0.25, -0.2) is 0 Å². The lowest BCUT2D eigenvalue weighted by atomic mass is 9.88. The highest BCUT2D eigenvalue weighted by Crippen LogP contribution is 2.29. The summed E-state index contributed by atoms with van der Waals surface area (Å²) < 4.78 is 40.3. The van der Waals surface area contributed by atoms with Crippen LogP contribution in [0.1, 0.15) is 42.7 Å². The van der Waals surface area contributed by atoms with Gasteiger partial charge in [-0.2, -0.15) is 13.2 Å². The molecule has 1 saturated heterocycles. The Morgan fingerprint density at radius 2 is 1.79 bits per heavy atom. The van der Waals surface area contributed by atoms with Crippen LogP contribution in [0.3, 0.4) is 0 Å². The lowest BCUT2D eigenvalue weighted by Gasteiger charge is -2.44. The Labute approximate surface area is 198 Å². The normalized spacial score (nSPS) is 17.7. The fourth-order valence-electron chi connectivity index (χ4n) is 5.08. The standard InChI is InChI=1S/C27H32F3N3O/c1-26(2,16-20-9-4-3-5-10-20)33-14-8-11-21(18-33)17-32(19-27(28,29)30)25(34)24-15-22-12-6-7-13-23(22)31-24/h3-7,9-10,12-13,15,21,31H,8,11,14,16-19H2,1-2H3. The van der Waals surface area contributed by atoms with Gasteiger partial charge in [0, 0.05) is 29.5 Å². The second-order valence-corrected chi connectivity index (χ2v) is 10.0. The SMILES string of the molecule is CC(C)(Cc1ccccc1)N1CCCC(CN(CC(F)(F)F)C(=O)c2cc3ccccc3[nH]2)C1. The summed E-state index contributed by atoms with van der Waals surface area (Å²) in [5.41, 5.74) is 2.05. The van der Waals surface area contributed by atoms with Crippen LogP contribution in [0, 0.1) is 5.92 Å². The molecular weight excluding hydrogens is 439 g/mol.